The number of aliphatic hydroxyl groups excluding tert-OH is 1. The summed E-state index contributed by atoms with van der Waals surface area (Å²) in [5, 5.41) is 7.61. The Morgan fingerprint density at radius 2 is 2.08 bits per heavy atom. The molecule has 0 aromatic rings. The quantitative estimate of drug-likeness (QED) is 0.612. The third-order valence-corrected chi connectivity index (χ3v) is 2.78. The van der Waals surface area contributed by atoms with Crippen LogP contribution < -0.4 is 0 Å². The highest BCUT2D eigenvalue weighted by Crippen LogP contribution is 2.47. The minimum atomic E-state index is -4.46. The summed E-state index contributed by atoms with van der Waals surface area (Å²) in [5.74, 6) is -0.455. The van der Waals surface area contributed by atoms with E-state index in [0.717, 1.165) is 25.2 Å². The van der Waals surface area contributed by atoms with E-state index < -0.39 is 22.7 Å². The van der Waals surface area contributed by atoms with Crippen molar-refractivity contribution in [3.8, 4) is 0 Å². The van der Waals surface area contributed by atoms with Gasteiger partial charge in [-0.1, -0.05) is 12.2 Å². The molecule has 13 heavy (non-hydrogen) atoms. The summed E-state index contributed by atoms with van der Waals surface area (Å²) in [5.41, 5.74) is -2.19. The van der Waals surface area contributed by atoms with Crippen molar-refractivity contribution in [3.05, 3.63) is 24.0 Å². The molecule has 0 amide bonds. The number of halogens is 4. The van der Waals surface area contributed by atoms with Crippen LogP contribution in [-0.2, 0) is 0 Å². The number of rotatable bonds is 0. The standard InChI is InChI=1S/C8H8ClF3O/c1-7(8(10,11)12)4-2-3-5(13)6(7)9/h2-4,6,13H,1H3. The minimum Gasteiger partial charge on any atom is -0.511 e. The van der Waals surface area contributed by atoms with Gasteiger partial charge in [-0.3, -0.25) is 0 Å². The smallest absolute Gasteiger partial charge is 0.399 e. The van der Waals surface area contributed by atoms with Crippen LogP contribution in [0, 0.1) is 5.41 Å². The van der Waals surface area contributed by atoms with Gasteiger partial charge in [0.15, 0.2) is 0 Å². The predicted octanol–water partition coefficient (Wildman–Crippen LogP) is 3.17. The molecule has 2 unspecified atom stereocenters. The Balaban J connectivity index is 3.07. The summed E-state index contributed by atoms with van der Waals surface area (Å²) >= 11 is 5.47. The van der Waals surface area contributed by atoms with Crippen LogP contribution in [0.5, 0.6) is 0 Å². The monoisotopic (exact) mass is 212 g/mol. The van der Waals surface area contributed by atoms with Crippen LogP contribution >= 0.6 is 11.6 Å². The average Bonchev–Trinajstić information content (AvgIpc) is 1.98. The minimum absolute atomic E-state index is 0.455. The molecule has 2 atom stereocenters. The highest BCUT2D eigenvalue weighted by molar-refractivity contribution is 6.23. The van der Waals surface area contributed by atoms with Crippen molar-refractivity contribution in [2.75, 3.05) is 0 Å². The molecule has 1 nitrogen and oxygen atoms in total. The molecule has 1 N–H and O–H groups in total. The van der Waals surface area contributed by atoms with Gasteiger partial charge in [0, 0.05) is 0 Å². The molecule has 0 aromatic carbocycles. The lowest BCUT2D eigenvalue weighted by atomic mass is 9.81. The van der Waals surface area contributed by atoms with Gasteiger partial charge >= 0.3 is 6.18 Å². The number of hydrogen-bond donors (Lipinski definition) is 1. The van der Waals surface area contributed by atoms with Crippen molar-refractivity contribution < 1.29 is 18.3 Å². The summed E-state index contributed by atoms with van der Waals surface area (Å²) in [4.78, 5) is 0. The third-order valence-electron chi connectivity index (χ3n) is 2.11. The van der Waals surface area contributed by atoms with Crippen molar-refractivity contribution >= 4 is 11.6 Å². The largest absolute Gasteiger partial charge is 0.511 e. The van der Waals surface area contributed by atoms with Crippen LogP contribution in [0.1, 0.15) is 6.92 Å². The van der Waals surface area contributed by atoms with Gasteiger partial charge in [-0.05, 0) is 13.0 Å². The van der Waals surface area contributed by atoms with Crippen molar-refractivity contribution in [2.24, 2.45) is 5.41 Å². The third kappa shape index (κ3) is 1.55. The van der Waals surface area contributed by atoms with Gasteiger partial charge in [-0.15, -0.1) is 11.6 Å². The fourth-order valence-electron chi connectivity index (χ4n) is 1.06. The number of allylic oxidation sites excluding steroid dienone is 4. The Bertz CT molecular complexity index is 269. The first kappa shape index (κ1) is 10.4. The van der Waals surface area contributed by atoms with Crippen molar-refractivity contribution in [2.45, 2.75) is 18.5 Å². The lowest BCUT2D eigenvalue weighted by molar-refractivity contribution is -0.200. The Kier molecular flexibility index (Phi) is 2.36. The van der Waals surface area contributed by atoms with Crippen LogP contribution in [0.2, 0.25) is 0 Å². The average molecular weight is 213 g/mol. The molecule has 0 radical (unpaired) electrons. The second kappa shape index (κ2) is 2.94. The maximum Gasteiger partial charge on any atom is 0.399 e. The SMILES string of the molecule is CC1(C(F)(F)F)C=CC=C(O)C1Cl. The van der Waals surface area contributed by atoms with Gasteiger partial charge in [-0.2, -0.15) is 13.2 Å². The van der Waals surface area contributed by atoms with E-state index in [1.54, 1.807) is 0 Å². The molecule has 0 fully saturated rings. The number of alkyl halides is 4. The van der Waals surface area contributed by atoms with Crippen LogP contribution in [-0.4, -0.2) is 16.7 Å². The summed E-state index contributed by atoms with van der Waals surface area (Å²) in [7, 11) is 0. The Labute approximate surface area is 78.5 Å². The first-order chi connectivity index (χ1) is 5.79. The van der Waals surface area contributed by atoms with E-state index in [2.05, 4.69) is 0 Å². The van der Waals surface area contributed by atoms with Gasteiger partial charge in [0.2, 0.25) is 0 Å². The van der Waals surface area contributed by atoms with Crippen LogP contribution in [0.25, 0.3) is 0 Å². The van der Waals surface area contributed by atoms with E-state index >= 15 is 0 Å². The van der Waals surface area contributed by atoms with Gasteiger partial charge in [0.25, 0.3) is 0 Å². The second-order valence-electron chi connectivity index (χ2n) is 3.09. The van der Waals surface area contributed by atoms with Gasteiger partial charge < -0.3 is 5.11 Å². The molecule has 0 bridgehead atoms. The van der Waals surface area contributed by atoms with E-state index in [1.807, 2.05) is 0 Å². The van der Waals surface area contributed by atoms with Crippen molar-refractivity contribution in [3.63, 3.8) is 0 Å². The van der Waals surface area contributed by atoms with Crippen LogP contribution in [0.3, 0.4) is 0 Å². The molecule has 5 heteroatoms. The number of hydrogen-bond acceptors (Lipinski definition) is 1. The first-order valence-electron chi connectivity index (χ1n) is 3.58. The highest BCUT2D eigenvalue weighted by atomic mass is 35.5. The molecule has 1 rings (SSSR count). The lowest BCUT2D eigenvalue weighted by Gasteiger charge is -2.34. The second-order valence-corrected chi connectivity index (χ2v) is 3.53. The molecule has 0 aromatic heterocycles. The molecule has 1 aliphatic carbocycles. The molecule has 0 saturated heterocycles. The zero-order chi connectivity index (χ0) is 10.3. The Morgan fingerprint density at radius 1 is 1.54 bits per heavy atom. The van der Waals surface area contributed by atoms with E-state index in [4.69, 9.17) is 16.7 Å². The van der Waals surface area contributed by atoms with Crippen molar-refractivity contribution in [1.82, 2.24) is 0 Å². The Morgan fingerprint density at radius 3 is 2.46 bits per heavy atom. The maximum absolute atomic E-state index is 12.5. The fraction of sp³-hybridized carbons (Fsp3) is 0.500. The lowest BCUT2D eigenvalue weighted by Crippen LogP contribution is -2.43. The van der Waals surface area contributed by atoms with Gasteiger partial charge in [-0.25, -0.2) is 0 Å². The molecule has 1 aliphatic rings. The van der Waals surface area contributed by atoms with E-state index in [9.17, 15) is 13.2 Å². The normalized spacial score (nSPS) is 34.5. The molecular formula is C8H8ClF3O. The molecule has 0 heterocycles. The summed E-state index contributed by atoms with van der Waals surface area (Å²) < 4.78 is 37.4. The fourth-order valence-corrected chi connectivity index (χ4v) is 1.33. The summed E-state index contributed by atoms with van der Waals surface area (Å²) in [6.45, 7) is 0.949. The molecule has 0 spiro atoms. The molecule has 0 aliphatic heterocycles. The number of aliphatic hydroxyl groups is 1. The highest BCUT2D eigenvalue weighted by Gasteiger charge is 2.55. The van der Waals surface area contributed by atoms with Crippen LogP contribution in [0.4, 0.5) is 13.2 Å². The maximum atomic E-state index is 12.5. The van der Waals surface area contributed by atoms with Crippen molar-refractivity contribution in [1.29, 1.82) is 0 Å². The Hall–Kier alpha value is -0.640. The summed E-state index contributed by atoms with van der Waals surface area (Å²) in [6, 6.07) is 0. The summed E-state index contributed by atoms with van der Waals surface area (Å²) in [6.07, 6.45) is -1.20. The molecule has 74 valence electrons. The van der Waals surface area contributed by atoms with Gasteiger partial charge in [0.1, 0.15) is 16.6 Å². The predicted molar refractivity (Wildman–Crippen MR) is 43.7 cm³/mol. The molecular weight excluding hydrogens is 205 g/mol. The zero-order valence-electron chi connectivity index (χ0n) is 6.77. The van der Waals surface area contributed by atoms with E-state index in [-0.39, 0.29) is 0 Å². The van der Waals surface area contributed by atoms with E-state index in [1.165, 1.54) is 0 Å². The molecule has 0 saturated carbocycles. The first-order valence-corrected chi connectivity index (χ1v) is 4.02. The topological polar surface area (TPSA) is 20.2 Å². The zero-order valence-corrected chi connectivity index (χ0v) is 7.52. The van der Waals surface area contributed by atoms with Crippen LogP contribution in [0.15, 0.2) is 24.0 Å². The van der Waals surface area contributed by atoms with Gasteiger partial charge in [0.05, 0.1) is 0 Å². The van der Waals surface area contributed by atoms with E-state index in [0.29, 0.717) is 0 Å².